The third-order valence-corrected chi connectivity index (χ3v) is 3.52. The van der Waals surface area contributed by atoms with Gasteiger partial charge in [0.2, 0.25) is 0 Å². The Balaban J connectivity index is 2.73. The third-order valence-electron chi connectivity index (χ3n) is 2.67. The molecule has 0 saturated heterocycles. The second-order valence-corrected chi connectivity index (χ2v) is 5.64. The summed E-state index contributed by atoms with van der Waals surface area (Å²) in [6.07, 6.45) is 4.79. The molecule has 1 N–H and O–H groups in total. The zero-order valence-corrected chi connectivity index (χ0v) is 12.2. The minimum absolute atomic E-state index is 0.130. The highest BCUT2D eigenvalue weighted by molar-refractivity contribution is 8.13. The van der Waals surface area contributed by atoms with Crippen LogP contribution in [0.2, 0.25) is 0 Å². The van der Waals surface area contributed by atoms with Gasteiger partial charge in [-0.2, -0.15) is 0 Å². The first kappa shape index (κ1) is 15.5. The molecule has 0 aliphatic rings. The van der Waals surface area contributed by atoms with Crippen molar-refractivity contribution < 1.29 is 14.7 Å². The van der Waals surface area contributed by atoms with Crippen LogP contribution in [0.4, 0.5) is 0 Å². The van der Waals surface area contributed by atoms with Gasteiger partial charge in [0, 0.05) is 12.7 Å². The van der Waals surface area contributed by atoms with Crippen LogP contribution in [0.3, 0.4) is 0 Å². The van der Waals surface area contributed by atoms with Crippen molar-refractivity contribution in [2.75, 3.05) is 5.75 Å². The first-order chi connectivity index (χ1) is 8.91. The van der Waals surface area contributed by atoms with E-state index in [2.05, 4.69) is 0 Å². The maximum atomic E-state index is 11.1. The Labute approximate surface area is 117 Å². The van der Waals surface area contributed by atoms with E-state index >= 15 is 0 Å². The van der Waals surface area contributed by atoms with E-state index in [-0.39, 0.29) is 5.12 Å². The van der Waals surface area contributed by atoms with Crippen LogP contribution >= 0.6 is 11.8 Å². The molecular weight excluding hydrogens is 260 g/mol. The lowest BCUT2D eigenvalue weighted by atomic mass is 9.99. The third kappa shape index (κ3) is 4.91. The molecule has 0 unspecified atom stereocenters. The largest absolute Gasteiger partial charge is 0.478 e. The molecule has 0 saturated carbocycles. The molecule has 0 bridgehead atoms. The van der Waals surface area contributed by atoms with Crippen molar-refractivity contribution >= 4 is 28.9 Å². The van der Waals surface area contributed by atoms with Gasteiger partial charge in [0.05, 0.1) is 5.56 Å². The number of allylic oxidation sites excluding steroid dienone is 1. The van der Waals surface area contributed by atoms with Gasteiger partial charge in [-0.05, 0) is 37.0 Å². The summed E-state index contributed by atoms with van der Waals surface area (Å²) < 4.78 is 0. The second-order valence-electron chi connectivity index (χ2n) is 4.37. The Morgan fingerprint density at radius 3 is 2.32 bits per heavy atom. The molecule has 19 heavy (non-hydrogen) atoms. The van der Waals surface area contributed by atoms with E-state index in [1.54, 1.807) is 20.8 Å². The Morgan fingerprint density at radius 2 is 1.84 bits per heavy atom. The van der Waals surface area contributed by atoms with Crippen LogP contribution < -0.4 is 0 Å². The van der Waals surface area contributed by atoms with Crippen LogP contribution in [0.1, 0.15) is 40.4 Å². The molecule has 0 fully saturated rings. The molecule has 3 nitrogen and oxygen atoms in total. The van der Waals surface area contributed by atoms with Gasteiger partial charge in [-0.15, -0.1) is 0 Å². The zero-order chi connectivity index (χ0) is 14.4. The van der Waals surface area contributed by atoms with E-state index in [4.69, 9.17) is 5.11 Å². The maximum absolute atomic E-state index is 11.1. The topological polar surface area (TPSA) is 54.4 Å². The van der Waals surface area contributed by atoms with Crippen molar-refractivity contribution in [2.24, 2.45) is 0 Å². The number of carboxylic acid groups (broad SMARTS) is 1. The predicted octanol–water partition coefficient (Wildman–Crippen LogP) is 3.68. The van der Waals surface area contributed by atoms with E-state index in [0.29, 0.717) is 5.56 Å². The van der Waals surface area contributed by atoms with E-state index < -0.39 is 5.97 Å². The van der Waals surface area contributed by atoms with Gasteiger partial charge >= 0.3 is 5.97 Å². The number of thioether (sulfide) groups is 1. The number of carbonyl (C=O) groups excluding carboxylic acids is 1. The van der Waals surface area contributed by atoms with Crippen LogP contribution in [0.25, 0.3) is 6.08 Å². The lowest BCUT2D eigenvalue weighted by Gasteiger charge is -2.06. The smallest absolute Gasteiger partial charge is 0.336 e. The van der Waals surface area contributed by atoms with E-state index in [1.165, 1.54) is 11.8 Å². The average molecular weight is 278 g/mol. The molecular formula is C15H18O3S. The SMILES string of the molecule is CC(=O)SCCC=Cc1cc(C)c(C(=O)O)c(C)c1. The molecule has 0 spiro atoms. The minimum Gasteiger partial charge on any atom is -0.478 e. The van der Waals surface area contributed by atoms with Crippen molar-refractivity contribution in [3.05, 3.63) is 40.5 Å². The summed E-state index contributed by atoms with van der Waals surface area (Å²) in [6.45, 7) is 5.17. The van der Waals surface area contributed by atoms with Gasteiger partial charge in [-0.25, -0.2) is 4.79 Å². The first-order valence-electron chi connectivity index (χ1n) is 6.06. The normalized spacial score (nSPS) is 10.9. The standard InChI is InChI=1S/C15H18O3S/c1-10-8-13(6-4-5-7-19-12(3)16)9-11(2)14(10)15(17)18/h4,6,8-9H,5,7H2,1-3H3,(H,17,18). The second kappa shape index (κ2) is 7.14. The highest BCUT2D eigenvalue weighted by Gasteiger charge is 2.10. The van der Waals surface area contributed by atoms with Crippen LogP contribution in [-0.4, -0.2) is 21.9 Å². The summed E-state index contributed by atoms with van der Waals surface area (Å²) in [6, 6.07) is 3.73. The van der Waals surface area contributed by atoms with Gasteiger partial charge in [-0.1, -0.05) is 36.0 Å². The monoisotopic (exact) mass is 278 g/mol. The highest BCUT2D eigenvalue weighted by Crippen LogP contribution is 2.18. The molecule has 1 aromatic rings. The summed E-state index contributed by atoms with van der Waals surface area (Å²) in [5, 5.41) is 9.21. The van der Waals surface area contributed by atoms with Crippen molar-refractivity contribution in [3.8, 4) is 0 Å². The Kier molecular flexibility index (Phi) is 5.83. The summed E-state index contributed by atoms with van der Waals surface area (Å²) in [5.41, 5.74) is 2.91. The molecule has 0 aromatic heterocycles. The molecule has 4 heteroatoms. The molecule has 0 heterocycles. The zero-order valence-electron chi connectivity index (χ0n) is 11.4. The fourth-order valence-corrected chi connectivity index (χ4v) is 2.46. The average Bonchev–Trinajstić information content (AvgIpc) is 2.26. The summed E-state index contributed by atoms with van der Waals surface area (Å²) in [5.74, 6) is -0.111. The number of carboxylic acids is 1. The Hall–Kier alpha value is -1.55. The van der Waals surface area contributed by atoms with Crippen LogP contribution in [0.5, 0.6) is 0 Å². The van der Waals surface area contributed by atoms with Gasteiger partial charge in [0.15, 0.2) is 5.12 Å². The molecule has 102 valence electrons. The molecule has 0 aliphatic carbocycles. The number of aryl methyl sites for hydroxylation is 2. The summed E-state index contributed by atoms with van der Waals surface area (Å²) >= 11 is 1.31. The lowest BCUT2D eigenvalue weighted by molar-refractivity contribution is -0.109. The number of hydrogen-bond donors (Lipinski definition) is 1. The van der Waals surface area contributed by atoms with Crippen LogP contribution in [0, 0.1) is 13.8 Å². The Morgan fingerprint density at radius 1 is 1.26 bits per heavy atom. The van der Waals surface area contributed by atoms with E-state index in [0.717, 1.165) is 28.9 Å². The molecule has 0 amide bonds. The van der Waals surface area contributed by atoms with Crippen LogP contribution in [0.15, 0.2) is 18.2 Å². The van der Waals surface area contributed by atoms with E-state index in [1.807, 2.05) is 24.3 Å². The predicted molar refractivity (Wildman–Crippen MR) is 79.7 cm³/mol. The highest BCUT2D eigenvalue weighted by atomic mass is 32.2. The van der Waals surface area contributed by atoms with Gasteiger partial charge < -0.3 is 5.11 Å². The van der Waals surface area contributed by atoms with Crippen molar-refractivity contribution in [1.29, 1.82) is 0 Å². The fourth-order valence-electron chi connectivity index (χ4n) is 1.92. The number of hydrogen-bond acceptors (Lipinski definition) is 3. The summed E-state index contributed by atoms with van der Waals surface area (Å²) in [7, 11) is 0. The van der Waals surface area contributed by atoms with Gasteiger partial charge in [-0.3, -0.25) is 4.79 Å². The van der Waals surface area contributed by atoms with Crippen molar-refractivity contribution in [3.63, 3.8) is 0 Å². The van der Waals surface area contributed by atoms with Crippen LogP contribution in [-0.2, 0) is 4.79 Å². The number of benzene rings is 1. The van der Waals surface area contributed by atoms with Crippen molar-refractivity contribution in [2.45, 2.75) is 27.2 Å². The van der Waals surface area contributed by atoms with E-state index in [9.17, 15) is 9.59 Å². The molecule has 1 rings (SSSR count). The van der Waals surface area contributed by atoms with Gasteiger partial charge in [0.1, 0.15) is 0 Å². The lowest BCUT2D eigenvalue weighted by Crippen LogP contribution is -2.03. The summed E-state index contributed by atoms with van der Waals surface area (Å²) in [4.78, 5) is 21.8. The number of carbonyl (C=O) groups is 2. The number of aromatic carboxylic acids is 1. The molecule has 0 aliphatic heterocycles. The molecule has 0 atom stereocenters. The number of rotatable bonds is 5. The fraction of sp³-hybridized carbons (Fsp3) is 0.333. The quantitative estimate of drug-likeness (QED) is 0.835. The van der Waals surface area contributed by atoms with Crippen molar-refractivity contribution in [1.82, 2.24) is 0 Å². The Bertz CT molecular complexity index is 495. The molecule has 0 radical (unpaired) electrons. The minimum atomic E-state index is -0.886. The maximum Gasteiger partial charge on any atom is 0.336 e. The first-order valence-corrected chi connectivity index (χ1v) is 7.05. The van der Waals surface area contributed by atoms with Gasteiger partial charge in [0.25, 0.3) is 0 Å². The molecule has 1 aromatic carbocycles.